The van der Waals surface area contributed by atoms with E-state index in [1.807, 2.05) is 37.3 Å². The largest absolute Gasteiger partial charge is 0.491 e. The van der Waals surface area contributed by atoms with E-state index in [-0.39, 0.29) is 6.04 Å². The van der Waals surface area contributed by atoms with Crippen LogP contribution in [0.1, 0.15) is 12.5 Å². The first-order valence-electron chi connectivity index (χ1n) is 6.30. The highest BCUT2D eigenvalue weighted by molar-refractivity contribution is 5.64. The van der Waals surface area contributed by atoms with E-state index in [1.165, 1.54) is 5.56 Å². The lowest BCUT2D eigenvalue weighted by Gasteiger charge is -2.17. The van der Waals surface area contributed by atoms with E-state index in [9.17, 15) is 0 Å². The van der Waals surface area contributed by atoms with E-state index in [1.54, 1.807) is 12.4 Å². The van der Waals surface area contributed by atoms with Crippen molar-refractivity contribution >= 4 is 11.4 Å². The van der Waals surface area contributed by atoms with Gasteiger partial charge in [-0.05, 0) is 32.0 Å². The van der Waals surface area contributed by atoms with Crippen LogP contribution in [0.3, 0.4) is 0 Å². The summed E-state index contributed by atoms with van der Waals surface area (Å²) in [7, 11) is 0. The Morgan fingerprint density at radius 2 is 2.00 bits per heavy atom. The second-order valence-electron chi connectivity index (χ2n) is 4.63. The molecule has 0 bridgehead atoms. The van der Waals surface area contributed by atoms with Gasteiger partial charge in [0.15, 0.2) is 0 Å². The predicted molar refractivity (Wildman–Crippen MR) is 78.4 cm³/mol. The van der Waals surface area contributed by atoms with Crippen LogP contribution in [0.2, 0.25) is 0 Å². The smallest absolute Gasteiger partial charge is 0.119 e. The zero-order chi connectivity index (χ0) is 13.7. The Labute approximate surface area is 113 Å². The van der Waals surface area contributed by atoms with Crippen molar-refractivity contribution in [3.63, 3.8) is 0 Å². The molecule has 1 aromatic heterocycles. The first-order valence-corrected chi connectivity index (χ1v) is 6.30. The first kappa shape index (κ1) is 13.2. The minimum absolute atomic E-state index is 0.158. The van der Waals surface area contributed by atoms with Crippen LogP contribution in [0.25, 0.3) is 0 Å². The number of hydrogen-bond acceptors (Lipinski definition) is 4. The van der Waals surface area contributed by atoms with Crippen molar-refractivity contribution in [2.24, 2.45) is 0 Å². The molecule has 4 nitrogen and oxygen atoms in total. The fraction of sp³-hybridized carbons (Fsp3) is 0.267. The molecule has 0 radical (unpaired) electrons. The Bertz CT molecular complexity index is 525. The normalized spacial score (nSPS) is 11.9. The van der Waals surface area contributed by atoms with Gasteiger partial charge in [-0.2, -0.15) is 0 Å². The average molecular weight is 257 g/mol. The van der Waals surface area contributed by atoms with Crippen LogP contribution < -0.4 is 15.8 Å². The maximum absolute atomic E-state index is 5.83. The molecule has 0 amide bonds. The SMILES string of the molecule is Cc1ccc(OCC(C)Nc2ccncc2N)cc1. The summed E-state index contributed by atoms with van der Waals surface area (Å²) in [5, 5.41) is 3.30. The van der Waals surface area contributed by atoms with Gasteiger partial charge in [-0.25, -0.2) is 0 Å². The molecule has 2 aromatic rings. The third-order valence-corrected chi connectivity index (χ3v) is 2.77. The monoisotopic (exact) mass is 257 g/mol. The number of hydrogen-bond donors (Lipinski definition) is 2. The van der Waals surface area contributed by atoms with Crippen LogP contribution in [0.4, 0.5) is 11.4 Å². The number of anilines is 2. The van der Waals surface area contributed by atoms with E-state index in [2.05, 4.69) is 17.2 Å². The Morgan fingerprint density at radius 1 is 1.26 bits per heavy atom. The first-order chi connectivity index (χ1) is 9.15. The molecule has 0 saturated heterocycles. The van der Waals surface area contributed by atoms with Crippen molar-refractivity contribution in [1.29, 1.82) is 0 Å². The number of rotatable bonds is 5. The Balaban J connectivity index is 1.86. The quantitative estimate of drug-likeness (QED) is 0.864. The van der Waals surface area contributed by atoms with Crippen molar-refractivity contribution in [3.8, 4) is 5.75 Å². The van der Waals surface area contributed by atoms with Crippen LogP contribution >= 0.6 is 0 Å². The van der Waals surface area contributed by atoms with E-state index < -0.39 is 0 Å². The van der Waals surface area contributed by atoms with Crippen LogP contribution in [0, 0.1) is 6.92 Å². The minimum Gasteiger partial charge on any atom is -0.491 e. The molecule has 2 rings (SSSR count). The molecule has 3 N–H and O–H groups in total. The van der Waals surface area contributed by atoms with Gasteiger partial charge in [0.05, 0.1) is 23.6 Å². The summed E-state index contributed by atoms with van der Waals surface area (Å²) < 4.78 is 5.72. The number of aryl methyl sites for hydroxylation is 1. The highest BCUT2D eigenvalue weighted by Crippen LogP contribution is 2.17. The maximum atomic E-state index is 5.83. The molecule has 0 aliphatic rings. The molecule has 0 saturated carbocycles. The van der Waals surface area contributed by atoms with Crippen molar-refractivity contribution in [3.05, 3.63) is 48.3 Å². The van der Waals surface area contributed by atoms with E-state index in [4.69, 9.17) is 10.5 Å². The molecule has 1 atom stereocenters. The number of nitrogens with zero attached hydrogens (tertiary/aromatic N) is 1. The minimum atomic E-state index is 0.158. The molecular weight excluding hydrogens is 238 g/mol. The lowest BCUT2D eigenvalue weighted by Crippen LogP contribution is -2.24. The molecule has 0 aliphatic carbocycles. The Morgan fingerprint density at radius 3 is 2.68 bits per heavy atom. The number of nitrogens with one attached hydrogen (secondary N) is 1. The lowest BCUT2D eigenvalue weighted by molar-refractivity contribution is 0.304. The van der Waals surface area contributed by atoms with E-state index in [0.717, 1.165) is 11.4 Å². The van der Waals surface area contributed by atoms with Crippen molar-refractivity contribution in [2.75, 3.05) is 17.7 Å². The van der Waals surface area contributed by atoms with Crippen molar-refractivity contribution in [1.82, 2.24) is 4.98 Å². The Hall–Kier alpha value is -2.23. The number of nitrogen functional groups attached to an aromatic ring is 1. The van der Waals surface area contributed by atoms with Gasteiger partial charge in [0.25, 0.3) is 0 Å². The fourth-order valence-corrected chi connectivity index (χ4v) is 1.70. The molecule has 1 aromatic carbocycles. The molecule has 1 unspecified atom stereocenters. The fourth-order valence-electron chi connectivity index (χ4n) is 1.70. The number of nitrogens with two attached hydrogens (primary N) is 1. The standard InChI is InChI=1S/C15H19N3O/c1-11-3-5-13(6-4-11)19-10-12(2)18-15-7-8-17-9-14(15)16/h3-9,12H,10,16H2,1-2H3,(H,17,18). The highest BCUT2D eigenvalue weighted by Gasteiger charge is 2.05. The van der Waals surface area contributed by atoms with E-state index >= 15 is 0 Å². The molecule has 19 heavy (non-hydrogen) atoms. The third kappa shape index (κ3) is 3.88. The average Bonchev–Trinajstić information content (AvgIpc) is 2.41. The van der Waals surface area contributed by atoms with Gasteiger partial charge in [0.2, 0.25) is 0 Å². The van der Waals surface area contributed by atoms with E-state index in [0.29, 0.717) is 12.3 Å². The maximum Gasteiger partial charge on any atom is 0.119 e. The highest BCUT2D eigenvalue weighted by atomic mass is 16.5. The summed E-state index contributed by atoms with van der Waals surface area (Å²) >= 11 is 0. The van der Waals surface area contributed by atoms with Gasteiger partial charge in [-0.1, -0.05) is 17.7 Å². The molecule has 4 heteroatoms. The van der Waals surface area contributed by atoms with Crippen LogP contribution in [0.15, 0.2) is 42.7 Å². The van der Waals surface area contributed by atoms with Gasteiger partial charge >= 0.3 is 0 Å². The summed E-state index contributed by atoms with van der Waals surface area (Å²) in [5.74, 6) is 0.877. The summed E-state index contributed by atoms with van der Waals surface area (Å²) in [4.78, 5) is 3.96. The number of pyridine rings is 1. The lowest BCUT2D eigenvalue weighted by atomic mass is 10.2. The summed E-state index contributed by atoms with van der Waals surface area (Å²) in [6.07, 6.45) is 3.35. The molecule has 0 spiro atoms. The molecule has 0 fully saturated rings. The zero-order valence-corrected chi connectivity index (χ0v) is 11.3. The van der Waals surface area contributed by atoms with Crippen molar-refractivity contribution in [2.45, 2.75) is 19.9 Å². The second kappa shape index (κ2) is 6.09. The van der Waals surface area contributed by atoms with Crippen LogP contribution in [-0.4, -0.2) is 17.6 Å². The van der Waals surface area contributed by atoms with Crippen molar-refractivity contribution < 1.29 is 4.74 Å². The number of benzene rings is 1. The molecular formula is C15H19N3O. The zero-order valence-electron chi connectivity index (χ0n) is 11.3. The van der Waals surface area contributed by atoms with Crippen LogP contribution in [0.5, 0.6) is 5.75 Å². The third-order valence-electron chi connectivity index (χ3n) is 2.77. The van der Waals surface area contributed by atoms with Gasteiger partial charge in [0.1, 0.15) is 12.4 Å². The van der Waals surface area contributed by atoms with Gasteiger partial charge in [-0.15, -0.1) is 0 Å². The van der Waals surface area contributed by atoms with Crippen LogP contribution in [-0.2, 0) is 0 Å². The molecule has 1 heterocycles. The summed E-state index contributed by atoms with van der Waals surface area (Å²) in [5.41, 5.74) is 8.58. The summed E-state index contributed by atoms with van der Waals surface area (Å²) in [6.45, 7) is 4.68. The van der Waals surface area contributed by atoms with Gasteiger partial charge in [0, 0.05) is 6.20 Å². The number of ether oxygens (including phenoxy) is 1. The second-order valence-corrected chi connectivity index (χ2v) is 4.63. The molecule has 0 aliphatic heterocycles. The topological polar surface area (TPSA) is 60.2 Å². The number of aromatic nitrogens is 1. The predicted octanol–water partition coefficient (Wildman–Crippen LogP) is 2.85. The van der Waals surface area contributed by atoms with Gasteiger partial charge in [-0.3, -0.25) is 4.98 Å². The Kier molecular flexibility index (Phi) is 4.23. The summed E-state index contributed by atoms with van der Waals surface area (Å²) in [6, 6.07) is 10.0. The van der Waals surface area contributed by atoms with Gasteiger partial charge < -0.3 is 15.8 Å². The molecule has 100 valence electrons.